The summed E-state index contributed by atoms with van der Waals surface area (Å²) < 4.78 is 37.8. The average molecular weight is 371 g/mol. The molecule has 0 saturated carbocycles. The van der Waals surface area contributed by atoms with E-state index in [0.717, 1.165) is 0 Å². The second kappa shape index (κ2) is 8.50. The van der Waals surface area contributed by atoms with Gasteiger partial charge in [0.2, 0.25) is 0 Å². The maximum absolute atomic E-state index is 12.3. The van der Waals surface area contributed by atoms with Crippen molar-refractivity contribution in [2.75, 3.05) is 53.5 Å². The minimum Gasteiger partial charge on any atom is -0.490 e. The van der Waals surface area contributed by atoms with E-state index in [4.69, 9.17) is 9.47 Å². The van der Waals surface area contributed by atoms with E-state index in [-0.39, 0.29) is 25.6 Å². The fraction of sp³-hybridized carbons (Fsp3) is 0.562. The number of rotatable bonds is 7. The van der Waals surface area contributed by atoms with Crippen molar-refractivity contribution in [3.63, 3.8) is 0 Å². The van der Waals surface area contributed by atoms with Crippen LogP contribution in [0.1, 0.15) is 6.92 Å². The van der Waals surface area contributed by atoms with E-state index in [2.05, 4.69) is 0 Å². The van der Waals surface area contributed by atoms with Crippen LogP contribution in [0.2, 0.25) is 0 Å². The monoisotopic (exact) mass is 371 g/mol. The number of carbonyl (C=O) groups excluding carboxylic acids is 1. The van der Waals surface area contributed by atoms with Gasteiger partial charge in [-0.25, -0.2) is 0 Å². The van der Waals surface area contributed by atoms with Gasteiger partial charge in [0.25, 0.3) is 16.1 Å². The molecule has 0 radical (unpaired) electrons. The number of nitrogens with zero attached hydrogens (tertiary/aromatic N) is 3. The quantitative estimate of drug-likeness (QED) is 0.694. The molecule has 0 atom stereocenters. The largest absolute Gasteiger partial charge is 0.490 e. The average Bonchev–Trinajstić information content (AvgIpc) is 2.61. The van der Waals surface area contributed by atoms with Gasteiger partial charge >= 0.3 is 0 Å². The van der Waals surface area contributed by atoms with Crippen molar-refractivity contribution in [1.82, 2.24) is 13.5 Å². The van der Waals surface area contributed by atoms with Gasteiger partial charge in [-0.05, 0) is 19.1 Å². The van der Waals surface area contributed by atoms with Crippen molar-refractivity contribution < 1.29 is 22.7 Å². The summed E-state index contributed by atoms with van der Waals surface area (Å²) in [7, 11) is -0.442. The lowest BCUT2D eigenvalue weighted by Crippen LogP contribution is -2.53. The Balaban J connectivity index is 1.87. The highest BCUT2D eigenvalue weighted by Gasteiger charge is 2.30. The Bertz CT molecular complexity index is 685. The van der Waals surface area contributed by atoms with Crippen molar-refractivity contribution in [3.05, 3.63) is 24.3 Å². The number of para-hydroxylation sites is 2. The smallest absolute Gasteiger partial charge is 0.281 e. The highest BCUT2D eigenvalue weighted by molar-refractivity contribution is 7.86. The number of piperazine rings is 1. The molecular weight excluding hydrogens is 346 g/mol. The van der Waals surface area contributed by atoms with Gasteiger partial charge in [0.15, 0.2) is 18.1 Å². The molecule has 1 aliphatic heterocycles. The molecular formula is C16H25N3O5S. The van der Waals surface area contributed by atoms with Gasteiger partial charge in [-0.3, -0.25) is 4.79 Å². The molecule has 0 bridgehead atoms. The van der Waals surface area contributed by atoms with E-state index < -0.39 is 10.2 Å². The van der Waals surface area contributed by atoms with Crippen molar-refractivity contribution >= 4 is 16.1 Å². The summed E-state index contributed by atoms with van der Waals surface area (Å²) in [6, 6.07) is 7.19. The van der Waals surface area contributed by atoms with E-state index >= 15 is 0 Å². The first kappa shape index (κ1) is 19.5. The van der Waals surface area contributed by atoms with Crippen molar-refractivity contribution in [2.45, 2.75) is 6.92 Å². The first-order valence-electron chi connectivity index (χ1n) is 8.16. The Morgan fingerprint density at radius 2 is 1.64 bits per heavy atom. The van der Waals surface area contributed by atoms with Crippen LogP contribution >= 0.6 is 0 Å². The number of benzene rings is 1. The molecule has 25 heavy (non-hydrogen) atoms. The molecule has 1 aromatic carbocycles. The van der Waals surface area contributed by atoms with Gasteiger partial charge in [0, 0.05) is 40.3 Å². The van der Waals surface area contributed by atoms with Crippen LogP contribution < -0.4 is 9.47 Å². The van der Waals surface area contributed by atoms with E-state index in [1.54, 1.807) is 17.0 Å². The number of hydrogen-bond donors (Lipinski definition) is 0. The second-order valence-corrected chi connectivity index (χ2v) is 7.88. The van der Waals surface area contributed by atoms with Gasteiger partial charge in [-0.2, -0.15) is 17.0 Å². The van der Waals surface area contributed by atoms with Gasteiger partial charge in [0.05, 0.1) is 6.61 Å². The minimum absolute atomic E-state index is 0.107. The van der Waals surface area contributed by atoms with Crippen molar-refractivity contribution in [1.29, 1.82) is 0 Å². The highest BCUT2D eigenvalue weighted by atomic mass is 32.2. The van der Waals surface area contributed by atoms with Gasteiger partial charge < -0.3 is 14.4 Å². The zero-order chi connectivity index (χ0) is 18.4. The molecule has 0 N–H and O–H groups in total. The van der Waals surface area contributed by atoms with Crippen molar-refractivity contribution in [3.8, 4) is 11.5 Å². The number of amides is 1. The zero-order valence-corrected chi connectivity index (χ0v) is 15.7. The summed E-state index contributed by atoms with van der Waals surface area (Å²) in [5.41, 5.74) is 0. The van der Waals surface area contributed by atoms with E-state index in [0.29, 0.717) is 31.2 Å². The zero-order valence-electron chi connectivity index (χ0n) is 14.8. The molecule has 1 heterocycles. The molecule has 0 aliphatic carbocycles. The highest BCUT2D eigenvalue weighted by Crippen LogP contribution is 2.26. The summed E-state index contributed by atoms with van der Waals surface area (Å²) in [5, 5.41) is 0. The standard InChI is InChI=1S/C16H25N3O5S/c1-4-23-14-7-5-6-8-15(14)24-13-16(20)18-9-11-19(12-10-18)25(21,22)17(2)3/h5-8H,4,9-13H2,1-3H3. The summed E-state index contributed by atoms with van der Waals surface area (Å²) in [4.78, 5) is 13.9. The van der Waals surface area contributed by atoms with E-state index in [1.165, 1.54) is 22.7 Å². The molecule has 140 valence electrons. The van der Waals surface area contributed by atoms with Crippen LogP contribution in [0, 0.1) is 0 Å². The molecule has 1 aromatic rings. The molecule has 8 nitrogen and oxygen atoms in total. The molecule has 0 spiro atoms. The molecule has 9 heteroatoms. The van der Waals surface area contributed by atoms with E-state index in [1.807, 2.05) is 19.1 Å². The summed E-state index contributed by atoms with van der Waals surface area (Å²) in [5.74, 6) is 0.944. The Labute approximate surface area is 149 Å². The van der Waals surface area contributed by atoms with E-state index in [9.17, 15) is 13.2 Å². The fourth-order valence-electron chi connectivity index (χ4n) is 2.47. The van der Waals surface area contributed by atoms with Crippen LogP contribution in [0.4, 0.5) is 0 Å². The van der Waals surface area contributed by atoms with Gasteiger partial charge in [-0.15, -0.1) is 0 Å². The topological polar surface area (TPSA) is 79.4 Å². The maximum Gasteiger partial charge on any atom is 0.281 e. The minimum atomic E-state index is -3.44. The van der Waals surface area contributed by atoms with Gasteiger partial charge in [0.1, 0.15) is 0 Å². The molecule has 1 saturated heterocycles. The summed E-state index contributed by atoms with van der Waals surface area (Å²) in [6.45, 7) is 3.54. The molecule has 2 rings (SSSR count). The lowest BCUT2D eigenvalue weighted by atomic mass is 10.3. The first-order valence-corrected chi connectivity index (χ1v) is 9.56. The second-order valence-electron chi connectivity index (χ2n) is 5.74. The fourth-order valence-corrected chi connectivity index (χ4v) is 3.56. The maximum atomic E-state index is 12.3. The van der Waals surface area contributed by atoms with Crippen LogP contribution in [-0.4, -0.2) is 81.3 Å². The Morgan fingerprint density at radius 3 is 2.16 bits per heavy atom. The number of carbonyl (C=O) groups is 1. The Hall–Kier alpha value is -1.84. The Kier molecular flexibility index (Phi) is 6.63. The van der Waals surface area contributed by atoms with Crippen LogP contribution in [0.25, 0.3) is 0 Å². The third kappa shape index (κ3) is 4.83. The molecule has 0 unspecified atom stereocenters. The number of hydrogen-bond acceptors (Lipinski definition) is 5. The van der Waals surface area contributed by atoms with Gasteiger partial charge in [-0.1, -0.05) is 12.1 Å². The molecule has 0 aromatic heterocycles. The third-order valence-corrected chi connectivity index (χ3v) is 5.82. The lowest BCUT2D eigenvalue weighted by molar-refractivity contribution is -0.134. The molecule has 1 aliphatic rings. The number of ether oxygens (including phenoxy) is 2. The summed E-state index contributed by atoms with van der Waals surface area (Å²) in [6.07, 6.45) is 0. The molecule has 1 amide bonds. The van der Waals surface area contributed by atoms with Crippen LogP contribution in [-0.2, 0) is 15.0 Å². The normalized spacial score (nSPS) is 16.1. The third-order valence-electron chi connectivity index (χ3n) is 3.88. The predicted octanol–water partition coefficient (Wildman–Crippen LogP) is 0.415. The van der Waals surface area contributed by atoms with Crippen LogP contribution in [0.5, 0.6) is 11.5 Å². The Morgan fingerprint density at radius 1 is 1.08 bits per heavy atom. The first-order chi connectivity index (χ1) is 11.9. The molecule has 1 fully saturated rings. The predicted molar refractivity (Wildman–Crippen MR) is 93.9 cm³/mol. The van der Waals surface area contributed by atoms with Crippen molar-refractivity contribution in [2.24, 2.45) is 0 Å². The SMILES string of the molecule is CCOc1ccccc1OCC(=O)N1CCN(S(=O)(=O)N(C)C)CC1. The van der Waals surface area contributed by atoms with Crippen LogP contribution in [0.15, 0.2) is 24.3 Å². The lowest BCUT2D eigenvalue weighted by Gasteiger charge is -2.35. The van der Waals surface area contributed by atoms with Crippen LogP contribution in [0.3, 0.4) is 0 Å². The summed E-state index contributed by atoms with van der Waals surface area (Å²) >= 11 is 0.